The highest BCUT2D eigenvalue weighted by atomic mass is 35.5. The molecule has 0 amide bonds. The van der Waals surface area contributed by atoms with Crippen LogP contribution in [0.1, 0.15) is 56.7 Å². The molecule has 0 aliphatic heterocycles. The Labute approximate surface area is 219 Å². The van der Waals surface area contributed by atoms with Crippen LogP contribution in [0.2, 0.25) is 10.0 Å². The summed E-state index contributed by atoms with van der Waals surface area (Å²) in [4.78, 5) is 12.7. The zero-order valence-electron chi connectivity index (χ0n) is 19.8. The predicted octanol–water partition coefficient (Wildman–Crippen LogP) is 5.44. The molecule has 0 unspecified atom stereocenters. The van der Waals surface area contributed by atoms with Crippen LogP contribution in [0.3, 0.4) is 0 Å². The molecule has 1 fully saturated rings. The first-order chi connectivity index (χ1) is 16.5. The quantitative estimate of drug-likeness (QED) is 0.339. The molecule has 35 heavy (non-hydrogen) atoms. The molecule has 4 rings (SSSR count). The summed E-state index contributed by atoms with van der Waals surface area (Å²) < 4.78 is 1.54. The fourth-order valence-electron chi connectivity index (χ4n) is 3.57. The number of hydrogen-bond acceptors (Lipinski definition) is 6. The van der Waals surface area contributed by atoms with Crippen LogP contribution in [0.15, 0.2) is 41.6 Å². The molecule has 1 heterocycles. The monoisotopic (exact) mass is 528 g/mol. The van der Waals surface area contributed by atoms with Gasteiger partial charge in [-0.2, -0.15) is 4.68 Å². The van der Waals surface area contributed by atoms with E-state index in [0.29, 0.717) is 33.7 Å². The highest BCUT2D eigenvalue weighted by molar-refractivity contribution is 7.99. The number of thioether (sulfide) groups is 1. The molecular formula is C26H26Cl2N4O2S. The van der Waals surface area contributed by atoms with Crippen molar-refractivity contribution >= 4 is 40.7 Å². The minimum absolute atomic E-state index is 0.0109. The van der Waals surface area contributed by atoms with Gasteiger partial charge >= 0.3 is 0 Å². The molecular weight excluding hydrogens is 503 g/mol. The van der Waals surface area contributed by atoms with E-state index in [9.17, 15) is 9.90 Å². The third kappa shape index (κ3) is 6.25. The van der Waals surface area contributed by atoms with Crippen molar-refractivity contribution in [3.05, 3.63) is 63.1 Å². The van der Waals surface area contributed by atoms with Crippen molar-refractivity contribution in [1.82, 2.24) is 20.2 Å². The van der Waals surface area contributed by atoms with Crippen molar-refractivity contribution in [2.24, 2.45) is 0 Å². The summed E-state index contributed by atoms with van der Waals surface area (Å²) in [6, 6.07) is 11.2. The summed E-state index contributed by atoms with van der Waals surface area (Å²) in [5.74, 6) is 6.07. The Morgan fingerprint density at radius 2 is 1.94 bits per heavy atom. The molecule has 0 atom stereocenters. The number of nitrogens with zero attached hydrogens (tertiary/aromatic N) is 4. The molecule has 6 nitrogen and oxygen atoms in total. The number of carbonyl (C=O) groups excluding carboxylic acids is 1. The zero-order valence-corrected chi connectivity index (χ0v) is 22.1. The fraction of sp³-hybridized carbons (Fsp3) is 0.385. The number of hydrogen-bond donors (Lipinski definition) is 1. The Kier molecular flexibility index (Phi) is 7.58. The van der Waals surface area contributed by atoms with Crippen LogP contribution in [0.25, 0.3) is 5.69 Å². The molecule has 0 saturated heterocycles. The Bertz CT molecular complexity index is 1320. The average Bonchev–Trinajstić information content (AvgIpc) is 3.24. The van der Waals surface area contributed by atoms with Gasteiger partial charge in [0.15, 0.2) is 0 Å². The maximum absolute atomic E-state index is 12.7. The number of benzene rings is 2. The minimum Gasteiger partial charge on any atom is -0.378 e. The lowest BCUT2D eigenvalue weighted by atomic mass is 9.81. The largest absolute Gasteiger partial charge is 0.378 e. The van der Waals surface area contributed by atoms with Crippen LogP contribution in [-0.4, -0.2) is 42.5 Å². The van der Waals surface area contributed by atoms with Gasteiger partial charge in [0, 0.05) is 17.0 Å². The van der Waals surface area contributed by atoms with E-state index in [1.807, 2.05) is 24.3 Å². The second kappa shape index (κ2) is 10.3. The van der Waals surface area contributed by atoms with Crippen LogP contribution in [-0.2, 0) is 16.6 Å². The molecule has 0 spiro atoms. The summed E-state index contributed by atoms with van der Waals surface area (Å²) >= 11 is 14.2. The summed E-state index contributed by atoms with van der Waals surface area (Å²) in [6.07, 6.45) is 2.59. The Balaban J connectivity index is 1.39. The standard InChI is InChI=1S/C26H26Cl2N4O2S/c1-25(2,3)19-7-8-23(22(28)15-19)32-24(29-30-31-32)35-16-20(33)14-18-6-5-17(13-21(18)27)9-12-26(34)10-4-11-26/h5-8,13,15,34H,4,10-11,14,16H2,1-3H3. The van der Waals surface area contributed by atoms with Gasteiger partial charge in [-0.05, 0) is 70.5 Å². The maximum atomic E-state index is 12.7. The highest BCUT2D eigenvalue weighted by Gasteiger charge is 2.32. The fourth-order valence-corrected chi connectivity index (χ4v) is 4.82. The first kappa shape index (κ1) is 25.7. The van der Waals surface area contributed by atoms with E-state index in [-0.39, 0.29) is 23.4 Å². The number of aromatic nitrogens is 4. The Morgan fingerprint density at radius 1 is 1.17 bits per heavy atom. The van der Waals surface area contributed by atoms with Crippen LogP contribution in [0.5, 0.6) is 0 Å². The second-order valence-electron chi connectivity index (χ2n) is 9.73. The van der Waals surface area contributed by atoms with Gasteiger partial charge in [0.05, 0.1) is 16.5 Å². The number of aliphatic hydroxyl groups is 1. The van der Waals surface area contributed by atoms with E-state index in [1.165, 1.54) is 11.8 Å². The van der Waals surface area contributed by atoms with E-state index in [0.717, 1.165) is 23.1 Å². The maximum Gasteiger partial charge on any atom is 0.214 e. The molecule has 2 aromatic carbocycles. The number of rotatable bonds is 6. The van der Waals surface area contributed by atoms with Crippen LogP contribution < -0.4 is 0 Å². The molecule has 0 radical (unpaired) electrons. The molecule has 182 valence electrons. The topological polar surface area (TPSA) is 80.9 Å². The minimum atomic E-state index is -0.868. The zero-order chi connectivity index (χ0) is 25.2. The smallest absolute Gasteiger partial charge is 0.214 e. The summed E-state index contributed by atoms with van der Waals surface area (Å²) in [5, 5.41) is 23.5. The normalized spacial score (nSPS) is 14.7. The van der Waals surface area contributed by atoms with Gasteiger partial charge in [-0.1, -0.05) is 79.7 Å². The van der Waals surface area contributed by atoms with E-state index < -0.39 is 5.60 Å². The molecule has 0 bridgehead atoms. The molecule has 1 saturated carbocycles. The molecule has 9 heteroatoms. The molecule has 1 aliphatic carbocycles. The molecule has 1 aliphatic rings. The lowest BCUT2D eigenvalue weighted by Crippen LogP contribution is -2.34. The van der Waals surface area contributed by atoms with Crippen molar-refractivity contribution in [2.75, 3.05) is 5.75 Å². The lowest BCUT2D eigenvalue weighted by molar-refractivity contribution is -0.116. The van der Waals surface area contributed by atoms with Gasteiger partial charge in [-0.3, -0.25) is 4.79 Å². The third-order valence-electron chi connectivity index (χ3n) is 5.91. The average molecular weight is 529 g/mol. The number of halogens is 2. The molecule has 1 N–H and O–H groups in total. The van der Waals surface area contributed by atoms with E-state index in [2.05, 4.69) is 48.1 Å². The predicted molar refractivity (Wildman–Crippen MR) is 139 cm³/mol. The van der Waals surface area contributed by atoms with Crippen LogP contribution in [0, 0.1) is 11.8 Å². The van der Waals surface area contributed by atoms with E-state index >= 15 is 0 Å². The second-order valence-corrected chi connectivity index (χ2v) is 11.5. The van der Waals surface area contributed by atoms with Crippen LogP contribution in [0.4, 0.5) is 0 Å². The Morgan fingerprint density at radius 3 is 2.57 bits per heavy atom. The van der Waals surface area contributed by atoms with Crippen molar-refractivity contribution in [3.8, 4) is 17.5 Å². The van der Waals surface area contributed by atoms with Gasteiger partial charge in [0.2, 0.25) is 5.16 Å². The SMILES string of the molecule is CC(C)(C)c1ccc(-n2nnnc2SCC(=O)Cc2ccc(C#CC3(O)CCC3)cc2Cl)c(Cl)c1. The van der Waals surface area contributed by atoms with E-state index in [1.54, 1.807) is 16.8 Å². The van der Waals surface area contributed by atoms with Crippen LogP contribution >= 0.6 is 35.0 Å². The summed E-state index contributed by atoms with van der Waals surface area (Å²) in [7, 11) is 0. The van der Waals surface area contributed by atoms with Gasteiger partial charge in [0.1, 0.15) is 11.4 Å². The highest BCUT2D eigenvalue weighted by Crippen LogP contribution is 2.31. The Hall–Kier alpha value is -2.37. The number of carbonyl (C=O) groups is 1. The number of ketones is 1. The lowest BCUT2D eigenvalue weighted by Gasteiger charge is -2.30. The molecule has 3 aromatic rings. The number of tetrazole rings is 1. The van der Waals surface area contributed by atoms with Crippen molar-refractivity contribution in [3.63, 3.8) is 0 Å². The first-order valence-electron chi connectivity index (χ1n) is 11.3. The van der Waals surface area contributed by atoms with Gasteiger partial charge in [0.25, 0.3) is 0 Å². The van der Waals surface area contributed by atoms with Gasteiger partial charge < -0.3 is 5.11 Å². The van der Waals surface area contributed by atoms with Crippen molar-refractivity contribution < 1.29 is 9.90 Å². The summed E-state index contributed by atoms with van der Waals surface area (Å²) in [6.45, 7) is 6.36. The van der Waals surface area contributed by atoms with Gasteiger partial charge in [-0.15, -0.1) is 5.10 Å². The summed E-state index contributed by atoms with van der Waals surface area (Å²) in [5.41, 5.74) is 2.31. The number of Topliss-reactive ketones (excluding diaryl/α,β-unsaturated/α-hetero) is 1. The molecule has 1 aromatic heterocycles. The van der Waals surface area contributed by atoms with E-state index in [4.69, 9.17) is 23.2 Å². The van der Waals surface area contributed by atoms with Crippen molar-refractivity contribution in [2.45, 2.75) is 62.6 Å². The first-order valence-corrected chi connectivity index (χ1v) is 13.1. The van der Waals surface area contributed by atoms with Gasteiger partial charge in [-0.25, -0.2) is 0 Å². The van der Waals surface area contributed by atoms with Crippen molar-refractivity contribution in [1.29, 1.82) is 0 Å². The third-order valence-corrected chi connectivity index (χ3v) is 7.54.